The minimum absolute atomic E-state index is 0.00727. The number of fused-ring (bicyclic) bond motifs is 4. The molecule has 0 unspecified atom stereocenters. The van der Waals surface area contributed by atoms with E-state index in [2.05, 4.69) is 23.7 Å². The van der Waals surface area contributed by atoms with Gasteiger partial charge in [-0.3, -0.25) is 13.7 Å². The number of benzene rings is 3. The number of H-pyrrole nitrogens is 1. The lowest BCUT2D eigenvalue weighted by molar-refractivity contribution is -0.137. The van der Waals surface area contributed by atoms with Crippen LogP contribution in [0.2, 0.25) is 10.0 Å². The van der Waals surface area contributed by atoms with Crippen molar-refractivity contribution in [3.05, 3.63) is 80.3 Å². The first-order valence-corrected chi connectivity index (χ1v) is 13.0. The summed E-state index contributed by atoms with van der Waals surface area (Å²) in [6.45, 7) is 0. The maximum absolute atomic E-state index is 13.9. The number of thioether (sulfide) groups is 1. The number of hydrogen-bond donors (Lipinski definition) is 1. The summed E-state index contributed by atoms with van der Waals surface area (Å²) in [5.41, 5.74) is 0.805. The highest BCUT2D eigenvalue weighted by Gasteiger charge is 2.34. The molecule has 0 saturated carbocycles. The molecule has 37 heavy (non-hydrogen) atoms. The van der Waals surface area contributed by atoms with Crippen LogP contribution < -0.4 is 5.56 Å². The SMILES string of the molecule is O=c1c2c(Cl)cc(Cl)cc2nc(CSc2nc3ccc4[nH]snc4c3n2)n1-c1ccccc1C(F)(F)F. The number of aromatic amines is 1. The predicted molar refractivity (Wildman–Crippen MR) is 139 cm³/mol. The number of nitrogens with one attached hydrogen (secondary N) is 1. The molecule has 3 aromatic carbocycles. The highest BCUT2D eigenvalue weighted by atomic mass is 35.5. The van der Waals surface area contributed by atoms with Crippen LogP contribution in [0.5, 0.6) is 0 Å². The van der Waals surface area contributed by atoms with Gasteiger partial charge < -0.3 is 0 Å². The number of nitrogens with zero attached hydrogens (tertiary/aromatic N) is 5. The van der Waals surface area contributed by atoms with Crippen molar-refractivity contribution in [1.29, 1.82) is 0 Å². The highest BCUT2D eigenvalue weighted by Crippen LogP contribution is 2.35. The molecule has 6 aromatic rings. The summed E-state index contributed by atoms with van der Waals surface area (Å²) in [7, 11) is 0. The summed E-state index contributed by atoms with van der Waals surface area (Å²) >= 11 is 14.7. The van der Waals surface area contributed by atoms with Gasteiger partial charge in [0, 0.05) is 16.8 Å². The van der Waals surface area contributed by atoms with E-state index in [1.54, 1.807) is 6.07 Å². The van der Waals surface area contributed by atoms with Gasteiger partial charge in [0.2, 0.25) is 0 Å². The molecule has 0 amide bonds. The fourth-order valence-corrected chi connectivity index (χ4v) is 5.93. The van der Waals surface area contributed by atoms with E-state index >= 15 is 0 Å². The quantitative estimate of drug-likeness (QED) is 0.229. The van der Waals surface area contributed by atoms with E-state index in [0.29, 0.717) is 21.7 Å². The first-order valence-electron chi connectivity index (χ1n) is 10.5. The lowest BCUT2D eigenvalue weighted by Crippen LogP contribution is -2.26. The molecule has 0 saturated heterocycles. The van der Waals surface area contributed by atoms with E-state index in [-0.39, 0.29) is 38.2 Å². The Balaban J connectivity index is 1.52. The van der Waals surface area contributed by atoms with E-state index in [1.807, 2.05) is 6.07 Å². The molecule has 1 N–H and O–H groups in total. The molecule has 3 aromatic heterocycles. The molecule has 7 nitrogen and oxygen atoms in total. The molecule has 0 aliphatic carbocycles. The molecule has 3 heterocycles. The van der Waals surface area contributed by atoms with Gasteiger partial charge in [-0.05, 0) is 36.4 Å². The average molecular weight is 579 g/mol. The van der Waals surface area contributed by atoms with Crippen LogP contribution >= 0.6 is 46.7 Å². The third-order valence-corrected chi connectivity index (χ3v) is 7.53. The van der Waals surface area contributed by atoms with Gasteiger partial charge in [-0.15, -0.1) is 0 Å². The molecular formula is C23H11Cl2F3N6OS2. The van der Waals surface area contributed by atoms with E-state index in [9.17, 15) is 18.0 Å². The van der Waals surface area contributed by atoms with Crippen LogP contribution in [-0.4, -0.2) is 28.3 Å². The molecular weight excluding hydrogens is 568 g/mol. The van der Waals surface area contributed by atoms with Crippen molar-refractivity contribution < 1.29 is 13.2 Å². The average Bonchev–Trinajstić information content (AvgIpc) is 3.48. The maximum atomic E-state index is 13.9. The first kappa shape index (κ1) is 24.2. The Morgan fingerprint density at radius 2 is 1.81 bits per heavy atom. The van der Waals surface area contributed by atoms with E-state index in [0.717, 1.165) is 27.9 Å². The van der Waals surface area contributed by atoms with Gasteiger partial charge in [-0.2, -0.15) is 17.5 Å². The fraction of sp³-hybridized carbons (Fsp3) is 0.0870. The van der Waals surface area contributed by atoms with Gasteiger partial charge in [-0.25, -0.2) is 15.0 Å². The lowest BCUT2D eigenvalue weighted by Gasteiger charge is -2.18. The molecule has 0 radical (unpaired) electrons. The molecule has 0 spiro atoms. The second kappa shape index (κ2) is 8.98. The summed E-state index contributed by atoms with van der Waals surface area (Å²) in [5, 5.41) is 0.567. The van der Waals surface area contributed by atoms with E-state index in [1.165, 1.54) is 42.1 Å². The number of hydrogen-bond acceptors (Lipinski definition) is 7. The molecule has 6 rings (SSSR count). The Bertz CT molecular complexity index is 1900. The van der Waals surface area contributed by atoms with E-state index in [4.69, 9.17) is 23.2 Å². The number of rotatable bonds is 4. The summed E-state index contributed by atoms with van der Waals surface area (Å²) in [6, 6.07) is 11.2. The summed E-state index contributed by atoms with van der Waals surface area (Å²) in [5.74, 6) is 0.0444. The van der Waals surface area contributed by atoms with Crippen LogP contribution in [0.1, 0.15) is 11.4 Å². The van der Waals surface area contributed by atoms with Crippen LogP contribution in [0.25, 0.3) is 38.7 Å². The molecule has 14 heteroatoms. The number of halogens is 5. The fourth-order valence-electron chi connectivity index (χ4n) is 4.01. The zero-order valence-corrected chi connectivity index (χ0v) is 21.3. The molecule has 0 aliphatic rings. The Kier molecular flexibility index (Phi) is 5.86. The van der Waals surface area contributed by atoms with Crippen molar-refractivity contribution in [2.75, 3.05) is 0 Å². The normalized spacial score (nSPS) is 12.2. The number of imidazole rings is 1. The van der Waals surface area contributed by atoms with Crippen molar-refractivity contribution in [2.24, 2.45) is 0 Å². The zero-order valence-electron chi connectivity index (χ0n) is 18.2. The molecule has 0 fully saturated rings. The first-order chi connectivity index (χ1) is 17.7. The maximum Gasteiger partial charge on any atom is 0.418 e. The Hall–Kier alpha value is -3.19. The summed E-state index contributed by atoms with van der Waals surface area (Å²) in [4.78, 5) is 27.1. The number of aromatic nitrogens is 6. The second-order valence-corrected chi connectivity index (χ2v) is 10.2. The summed E-state index contributed by atoms with van der Waals surface area (Å²) in [6.07, 6.45) is -4.71. The van der Waals surface area contributed by atoms with Gasteiger partial charge in [0.1, 0.15) is 16.9 Å². The van der Waals surface area contributed by atoms with Crippen LogP contribution in [0.15, 0.2) is 58.5 Å². The Labute approximate surface area is 223 Å². The Morgan fingerprint density at radius 1 is 1.00 bits per heavy atom. The molecule has 0 aliphatic heterocycles. The van der Waals surface area contributed by atoms with Crippen molar-refractivity contribution in [3.63, 3.8) is 0 Å². The second-order valence-electron chi connectivity index (χ2n) is 7.87. The predicted octanol–water partition coefficient (Wildman–Crippen LogP) is 6.88. The van der Waals surface area contributed by atoms with Gasteiger partial charge in [0.15, 0.2) is 5.16 Å². The van der Waals surface area contributed by atoms with Crippen LogP contribution in [0.3, 0.4) is 0 Å². The molecule has 0 bridgehead atoms. The minimum atomic E-state index is -4.71. The summed E-state index contributed by atoms with van der Waals surface area (Å²) < 4.78 is 50.0. The molecule has 186 valence electrons. The third-order valence-electron chi connectivity index (χ3n) is 5.59. The highest BCUT2D eigenvalue weighted by molar-refractivity contribution is 7.98. The smallest absolute Gasteiger partial charge is 0.293 e. The van der Waals surface area contributed by atoms with Crippen molar-refractivity contribution in [2.45, 2.75) is 17.1 Å². The van der Waals surface area contributed by atoms with Crippen molar-refractivity contribution in [1.82, 2.24) is 28.3 Å². The van der Waals surface area contributed by atoms with Gasteiger partial charge >= 0.3 is 6.18 Å². The number of para-hydroxylation sites is 1. The van der Waals surface area contributed by atoms with Crippen LogP contribution in [-0.2, 0) is 11.9 Å². The van der Waals surface area contributed by atoms with Crippen molar-refractivity contribution in [3.8, 4) is 5.69 Å². The largest absolute Gasteiger partial charge is 0.418 e. The standard InChI is InChI=1S/C23H11Cl2F3N6OS2/c24-10-7-12(25)18-15(8-10)29-17(34(21(18)35)16-4-2-1-3-11(16)23(26,27)28)9-36-22-30-13-5-6-14-20(19(13)31-22)33-37-32-14/h1-8,32H,9H2. The van der Waals surface area contributed by atoms with E-state index < -0.39 is 17.3 Å². The van der Waals surface area contributed by atoms with Gasteiger partial charge in [-0.1, -0.05) is 47.1 Å². The van der Waals surface area contributed by atoms with Crippen molar-refractivity contribution >= 4 is 79.7 Å². The number of alkyl halides is 3. The van der Waals surface area contributed by atoms with Crippen LogP contribution in [0, 0.1) is 0 Å². The third kappa shape index (κ3) is 4.23. The minimum Gasteiger partial charge on any atom is -0.293 e. The topological polar surface area (TPSA) is 89.3 Å². The Morgan fingerprint density at radius 3 is 2.62 bits per heavy atom. The van der Waals surface area contributed by atoms with Crippen LogP contribution in [0.4, 0.5) is 13.2 Å². The van der Waals surface area contributed by atoms with Gasteiger partial charge in [0.05, 0.1) is 44.0 Å². The monoisotopic (exact) mass is 578 g/mol. The van der Waals surface area contributed by atoms with Gasteiger partial charge in [0.25, 0.3) is 5.56 Å². The zero-order chi connectivity index (χ0) is 25.9. The lowest BCUT2D eigenvalue weighted by atomic mass is 10.1. The molecule has 0 atom stereocenters.